The van der Waals surface area contributed by atoms with Gasteiger partial charge in [0.05, 0.1) is 0 Å². The molecule has 0 atom stereocenters. The summed E-state index contributed by atoms with van der Waals surface area (Å²) in [6, 6.07) is -0.819. The molecule has 0 aliphatic carbocycles. The van der Waals surface area contributed by atoms with Crippen LogP contribution in [0.3, 0.4) is 0 Å². The van der Waals surface area contributed by atoms with Crippen LogP contribution >= 0.6 is 7.60 Å². The van der Waals surface area contributed by atoms with Crippen LogP contribution in [-0.2, 0) is 18.8 Å². The molecule has 1 aliphatic rings. The van der Waals surface area contributed by atoms with Gasteiger partial charge in [-0.25, -0.2) is 9.69 Å². The van der Waals surface area contributed by atoms with Crippen LogP contribution in [0.15, 0.2) is 0 Å². The van der Waals surface area contributed by atoms with Crippen LogP contribution in [0.1, 0.15) is 27.7 Å². The van der Waals surface area contributed by atoms with E-state index in [0.29, 0.717) is 4.90 Å². The minimum absolute atomic E-state index is 0.00249. The number of rotatable bonds is 7. The van der Waals surface area contributed by atoms with Crippen LogP contribution < -0.4 is 5.32 Å². The second kappa shape index (κ2) is 6.02. The third-order valence-corrected chi connectivity index (χ3v) is 3.66. The summed E-state index contributed by atoms with van der Waals surface area (Å²) < 4.78 is 22.0. The van der Waals surface area contributed by atoms with Crippen molar-refractivity contribution in [3.8, 4) is 0 Å². The molecule has 10 heteroatoms. The highest BCUT2D eigenvalue weighted by Crippen LogP contribution is 2.43. The van der Waals surface area contributed by atoms with Gasteiger partial charge < -0.3 is 24.6 Å². The van der Waals surface area contributed by atoms with Gasteiger partial charge in [-0.3, -0.25) is 9.36 Å². The SMILES string of the molecule is CCOC(CP(=O)(O)O)(OCC)N1C(=O)NC(C)(C)C1=O. The van der Waals surface area contributed by atoms with Gasteiger partial charge in [-0.05, 0) is 27.7 Å². The molecule has 1 saturated heterocycles. The smallest absolute Gasteiger partial charge is 0.332 e. The van der Waals surface area contributed by atoms with E-state index in [2.05, 4.69) is 5.32 Å². The molecular formula is C11H21N2O7P. The highest BCUT2D eigenvalue weighted by Gasteiger charge is 2.57. The molecule has 9 nitrogen and oxygen atoms in total. The molecule has 1 heterocycles. The lowest BCUT2D eigenvalue weighted by molar-refractivity contribution is -0.278. The minimum Gasteiger partial charge on any atom is -0.332 e. The van der Waals surface area contributed by atoms with Crippen LogP contribution in [0.4, 0.5) is 4.79 Å². The lowest BCUT2D eigenvalue weighted by Crippen LogP contribution is -2.59. The molecule has 1 rings (SSSR count). The molecule has 0 saturated carbocycles. The second-order valence-electron chi connectivity index (χ2n) is 5.10. The Morgan fingerprint density at radius 3 is 2.00 bits per heavy atom. The number of hydrogen-bond acceptors (Lipinski definition) is 5. The van der Waals surface area contributed by atoms with E-state index in [1.54, 1.807) is 13.8 Å². The van der Waals surface area contributed by atoms with E-state index in [0.717, 1.165) is 0 Å². The van der Waals surface area contributed by atoms with Gasteiger partial charge in [0.2, 0.25) is 0 Å². The average Bonchev–Trinajstić information content (AvgIpc) is 2.46. The lowest BCUT2D eigenvalue weighted by atomic mass is 10.1. The number of amides is 3. The molecule has 3 N–H and O–H groups in total. The summed E-state index contributed by atoms with van der Waals surface area (Å²) in [6.45, 7) is 6.09. The molecular weight excluding hydrogens is 303 g/mol. The number of ether oxygens (including phenoxy) is 2. The maximum Gasteiger partial charge on any atom is 0.333 e. The molecule has 0 unspecified atom stereocenters. The van der Waals surface area contributed by atoms with Crippen molar-refractivity contribution in [3.63, 3.8) is 0 Å². The summed E-state index contributed by atoms with van der Waals surface area (Å²) >= 11 is 0. The van der Waals surface area contributed by atoms with Crippen LogP contribution in [0.2, 0.25) is 0 Å². The van der Waals surface area contributed by atoms with E-state index in [1.807, 2.05) is 0 Å². The molecule has 0 bridgehead atoms. The van der Waals surface area contributed by atoms with Crippen molar-refractivity contribution in [1.82, 2.24) is 10.2 Å². The summed E-state index contributed by atoms with van der Waals surface area (Å²) in [7, 11) is -4.62. The zero-order chi connectivity index (χ0) is 16.5. The Hall–Kier alpha value is -0.990. The Labute approximate surface area is 122 Å². The zero-order valence-corrected chi connectivity index (χ0v) is 13.3. The number of nitrogens with zero attached hydrogens (tertiary/aromatic N) is 1. The van der Waals surface area contributed by atoms with E-state index in [4.69, 9.17) is 9.47 Å². The highest BCUT2D eigenvalue weighted by molar-refractivity contribution is 7.51. The van der Waals surface area contributed by atoms with Gasteiger partial charge in [0, 0.05) is 13.2 Å². The lowest BCUT2D eigenvalue weighted by Gasteiger charge is -2.38. The first-order valence-corrected chi connectivity index (χ1v) is 8.28. The average molecular weight is 324 g/mol. The Morgan fingerprint density at radius 2 is 1.71 bits per heavy atom. The van der Waals surface area contributed by atoms with E-state index in [9.17, 15) is 23.9 Å². The Bertz CT molecular complexity index is 467. The monoisotopic (exact) mass is 324 g/mol. The fourth-order valence-electron chi connectivity index (χ4n) is 2.10. The predicted octanol–water partition coefficient (Wildman–Crippen LogP) is 0.221. The summed E-state index contributed by atoms with van der Waals surface area (Å²) in [5, 5.41) is 2.43. The number of urea groups is 1. The zero-order valence-electron chi connectivity index (χ0n) is 12.5. The minimum atomic E-state index is -4.62. The van der Waals surface area contributed by atoms with Crippen molar-refractivity contribution in [3.05, 3.63) is 0 Å². The van der Waals surface area contributed by atoms with E-state index in [1.165, 1.54) is 13.8 Å². The molecule has 1 aliphatic heterocycles. The van der Waals surface area contributed by atoms with E-state index >= 15 is 0 Å². The number of nitrogens with one attached hydrogen (secondary N) is 1. The van der Waals surface area contributed by atoms with Gasteiger partial charge in [0.25, 0.3) is 11.8 Å². The number of carbonyl (C=O) groups is 2. The molecule has 0 radical (unpaired) electrons. The van der Waals surface area contributed by atoms with Gasteiger partial charge in [-0.2, -0.15) is 0 Å². The summed E-state index contributed by atoms with van der Waals surface area (Å²) in [5.41, 5.74) is -1.20. The fourth-order valence-corrected chi connectivity index (χ4v) is 2.95. The van der Waals surface area contributed by atoms with Crippen LogP contribution in [-0.4, -0.2) is 57.5 Å². The molecule has 122 valence electrons. The molecule has 0 aromatic heterocycles. The molecule has 0 aromatic rings. The predicted molar refractivity (Wildman–Crippen MR) is 72.4 cm³/mol. The third kappa shape index (κ3) is 3.81. The number of carbonyl (C=O) groups excluding carboxylic acids is 2. The van der Waals surface area contributed by atoms with Gasteiger partial charge in [0.15, 0.2) is 0 Å². The van der Waals surface area contributed by atoms with Gasteiger partial charge in [-0.1, -0.05) is 0 Å². The first-order chi connectivity index (χ1) is 9.49. The third-order valence-electron chi connectivity index (χ3n) is 2.85. The summed E-state index contributed by atoms with van der Waals surface area (Å²) in [5.74, 6) is -2.81. The molecule has 0 spiro atoms. The summed E-state index contributed by atoms with van der Waals surface area (Å²) in [4.78, 5) is 43.5. The van der Waals surface area contributed by atoms with E-state index < -0.39 is 37.1 Å². The van der Waals surface area contributed by atoms with Crippen LogP contribution in [0.5, 0.6) is 0 Å². The summed E-state index contributed by atoms with van der Waals surface area (Å²) in [6.07, 6.45) is -0.934. The van der Waals surface area contributed by atoms with Gasteiger partial charge >= 0.3 is 13.6 Å². The Kier molecular flexibility index (Phi) is 5.18. The van der Waals surface area contributed by atoms with Crippen LogP contribution in [0.25, 0.3) is 0 Å². The number of hydrogen-bond donors (Lipinski definition) is 3. The van der Waals surface area contributed by atoms with Crippen molar-refractivity contribution in [2.24, 2.45) is 0 Å². The Morgan fingerprint density at radius 1 is 1.24 bits per heavy atom. The molecule has 1 fully saturated rings. The van der Waals surface area contributed by atoms with Crippen molar-refractivity contribution in [2.45, 2.75) is 39.1 Å². The standard InChI is InChI=1S/C11H21N2O7P/c1-5-19-11(20-6-2,7-21(16,17)18)13-8(14)10(3,4)12-9(13)15/h5-7H2,1-4H3,(H,12,15)(H2,16,17,18). The fraction of sp³-hybridized carbons (Fsp3) is 0.818. The van der Waals surface area contributed by atoms with Crippen LogP contribution in [0, 0.1) is 0 Å². The van der Waals surface area contributed by atoms with Crippen molar-refractivity contribution in [2.75, 3.05) is 19.4 Å². The van der Waals surface area contributed by atoms with E-state index in [-0.39, 0.29) is 13.2 Å². The largest absolute Gasteiger partial charge is 0.333 e. The second-order valence-corrected chi connectivity index (χ2v) is 6.74. The molecule has 21 heavy (non-hydrogen) atoms. The highest BCUT2D eigenvalue weighted by atomic mass is 31.2. The normalized spacial score (nSPS) is 19.0. The molecule has 3 amide bonds. The Balaban J connectivity index is 3.31. The van der Waals surface area contributed by atoms with Crippen molar-refractivity contribution in [1.29, 1.82) is 0 Å². The number of imide groups is 1. The molecule has 0 aromatic carbocycles. The van der Waals surface area contributed by atoms with Gasteiger partial charge in [0.1, 0.15) is 11.7 Å². The van der Waals surface area contributed by atoms with Gasteiger partial charge in [-0.15, -0.1) is 0 Å². The quantitative estimate of drug-likeness (QED) is 0.347. The first kappa shape index (κ1) is 18.1. The maximum absolute atomic E-state index is 12.3. The van der Waals surface area contributed by atoms with Crippen molar-refractivity contribution < 1.29 is 33.4 Å². The first-order valence-electron chi connectivity index (χ1n) is 6.48. The van der Waals surface area contributed by atoms with Crippen molar-refractivity contribution >= 4 is 19.5 Å². The topological polar surface area (TPSA) is 125 Å². The maximum atomic E-state index is 12.3.